The van der Waals surface area contributed by atoms with Crippen LogP contribution in [0.5, 0.6) is 11.5 Å². The first-order valence-corrected chi connectivity index (χ1v) is 7.34. The number of alkyl halides is 1. The molecular weight excluding hydrogens is 323 g/mol. The standard InChI is InChI=1S/C16H14BrFO2/c1-19-15-5-3-12(18)9-13(15)16(17)11-2-4-14-10(8-11)6-7-20-14/h2-5,8-9,16H,6-7H2,1H3. The zero-order valence-corrected chi connectivity index (χ0v) is 12.6. The molecule has 0 N–H and O–H groups in total. The summed E-state index contributed by atoms with van der Waals surface area (Å²) < 4.78 is 24.3. The summed E-state index contributed by atoms with van der Waals surface area (Å²) in [7, 11) is 1.59. The lowest BCUT2D eigenvalue weighted by atomic mass is 10.0. The molecule has 1 aliphatic rings. The summed E-state index contributed by atoms with van der Waals surface area (Å²) >= 11 is 3.64. The van der Waals surface area contributed by atoms with E-state index in [0.29, 0.717) is 5.75 Å². The molecule has 0 saturated carbocycles. The Hall–Kier alpha value is -1.55. The van der Waals surface area contributed by atoms with E-state index in [1.165, 1.54) is 17.7 Å². The highest BCUT2D eigenvalue weighted by Crippen LogP contribution is 2.39. The highest BCUT2D eigenvalue weighted by molar-refractivity contribution is 9.09. The Labute approximate surface area is 125 Å². The first kappa shape index (κ1) is 13.4. The second kappa shape index (κ2) is 5.44. The zero-order chi connectivity index (χ0) is 14.1. The van der Waals surface area contributed by atoms with Crippen molar-refractivity contribution < 1.29 is 13.9 Å². The molecule has 1 atom stereocenters. The van der Waals surface area contributed by atoms with Crippen LogP contribution >= 0.6 is 15.9 Å². The molecule has 2 aromatic carbocycles. The summed E-state index contributed by atoms with van der Waals surface area (Å²) in [5.74, 6) is 1.35. The van der Waals surface area contributed by atoms with Crippen molar-refractivity contribution in [2.24, 2.45) is 0 Å². The Morgan fingerprint density at radius 3 is 2.90 bits per heavy atom. The Morgan fingerprint density at radius 2 is 2.10 bits per heavy atom. The van der Waals surface area contributed by atoms with E-state index in [0.717, 1.165) is 29.9 Å². The molecule has 0 fully saturated rings. The topological polar surface area (TPSA) is 18.5 Å². The maximum absolute atomic E-state index is 13.5. The molecule has 0 aromatic heterocycles. The Bertz CT molecular complexity index is 642. The van der Waals surface area contributed by atoms with Crippen molar-refractivity contribution in [3.05, 3.63) is 58.9 Å². The molecule has 0 saturated heterocycles. The van der Waals surface area contributed by atoms with E-state index in [-0.39, 0.29) is 10.6 Å². The minimum absolute atomic E-state index is 0.112. The summed E-state index contributed by atoms with van der Waals surface area (Å²) in [4.78, 5) is -0.112. The number of fused-ring (bicyclic) bond motifs is 1. The van der Waals surface area contributed by atoms with Crippen LogP contribution in [0.25, 0.3) is 0 Å². The molecule has 1 unspecified atom stereocenters. The number of rotatable bonds is 3. The number of benzene rings is 2. The molecule has 0 radical (unpaired) electrons. The lowest BCUT2D eigenvalue weighted by Crippen LogP contribution is -1.98. The second-order valence-electron chi connectivity index (χ2n) is 4.71. The lowest BCUT2D eigenvalue weighted by Gasteiger charge is -2.15. The van der Waals surface area contributed by atoms with Gasteiger partial charge < -0.3 is 9.47 Å². The van der Waals surface area contributed by atoms with Gasteiger partial charge in [-0.1, -0.05) is 28.1 Å². The summed E-state index contributed by atoms with van der Waals surface area (Å²) in [6.07, 6.45) is 0.920. The normalized spacial score (nSPS) is 14.6. The largest absolute Gasteiger partial charge is 0.496 e. The van der Waals surface area contributed by atoms with Crippen LogP contribution in [0.3, 0.4) is 0 Å². The van der Waals surface area contributed by atoms with E-state index in [9.17, 15) is 4.39 Å². The fourth-order valence-corrected chi connectivity index (χ4v) is 3.09. The van der Waals surface area contributed by atoms with Crippen LogP contribution in [0.4, 0.5) is 4.39 Å². The third-order valence-electron chi connectivity index (χ3n) is 3.47. The van der Waals surface area contributed by atoms with E-state index in [2.05, 4.69) is 22.0 Å². The average molecular weight is 337 g/mol. The summed E-state index contributed by atoms with van der Waals surface area (Å²) in [5.41, 5.74) is 3.05. The molecule has 20 heavy (non-hydrogen) atoms. The van der Waals surface area contributed by atoms with Crippen LogP contribution in [-0.2, 0) is 6.42 Å². The SMILES string of the molecule is COc1ccc(F)cc1C(Br)c1ccc2c(c1)CCO2. The third kappa shape index (κ3) is 2.40. The molecule has 2 nitrogen and oxygen atoms in total. The quantitative estimate of drug-likeness (QED) is 0.780. The Kier molecular flexibility index (Phi) is 3.66. The van der Waals surface area contributed by atoms with Gasteiger partial charge in [0.1, 0.15) is 17.3 Å². The van der Waals surface area contributed by atoms with Crippen molar-refractivity contribution in [2.75, 3.05) is 13.7 Å². The molecule has 104 valence electrons. The van der Waals surface area contributed by atoms with Crippen molar-refractivity contribution in [2.45, 2.75) is 11.2 Å². The van der Waals surface area contributed by atoms with Crippen LogP contribution in [0.1, 0.15) is 21.5 Å². The van der Waals surface area contributed by atoms with Gasteiger partial charge in [-0.2, -0.15) is 0 Å². The van der Waals surface area contributed by atoms with Gasteiger partial charge in [-0.3, -0.25) is 0 Å². The number of hydrogen-bond donors (Lipinski definition) is 0. The van der Waals surface area contributed by atoms with Crippen LogP contribution < -0.4 is 9.47 Å². The van der Waals surface area contributed by atoms with E-state index >= 15 is 0 Å². The monoisotopic (exact) mass is 336 g/mol. The van der Waals surface area contributed by atoms with Crippen LogP contribution in [-0.4, -0.2) is 13.7 Å². The summed E-state index contributed by atoms with van der Waals surface area (Å²) in [5, 5.41) is 0. The predicted octanol–water partition coefficient (Wildman–Crippen LogP) is 4.25. The molecule has 2 aromatic rings. The summed E-state index contributed by atoms with van der Waals surface area (Å²) in [6.45, 7) is 0.731. The van der Waals surface area contributed by atoms with Gasteiger partial charge in [-0.05, 0) is 35.4 Å². The minimum atomic E-state index is -0.269. The number of hydrogen-bond acceptors (Lipinski definition) is 2. The van der Waals surface area contributed by atoms with Crippen molar-refractivity contribution in [3.63, 3.8) is 0 Å². The van der Waals surface area contributed by atoms with Gasteiger partial charge in [0, 0.05) is 12.0 Å². The van der Waals surface area contributed by atoms with Gasteiger partial charge in [0.25, 0.3) is 0 Å². The third-order valence-corrected chi connectivity index (χ3v) is 4.49. The molecular formula is C16H14BrFO2. The predicted molar refractivity (Wildman–Crippen MR) is 79.4 cm³/mol. The van der Waals surface area contributed by atoms with Gasteiger partial charge in [0.05, 0.1) is 18.5 Å². The number of halogens is 2. The van der Waals surface area contributed by atoms with Crippen LogP contribution in [0.15, 0.2) is 36.4 Å². The number of ether oxygens (including phenoxy) is 2. The maximum Gasteiger partial charge on any atom is 0.123 e. The van der Waals surface area contributed by atoms with Crippen LogP contribution in [0.2, 0.25) is 0 Å². The Morgan fingerprint density at radius 1 is 1.25 bits per heavy atom. The Balaban J connectivity index is 2.00. The molecule has 0 bridgehead atoms. The summed E-state index contributed by atoms with van der Waals surface area (Å²) in [6, 6.07) is 10.6. The fraction of sp³-hybridized carbons (Fsp3) is 0.250. The molecule has 0 amide bonds. The van der Waals surface area contributed by atoms with E-state index < -0.39 is 0 Å². The smallest absolute Gasteiger partial charge is 0.123 e. The van der Waals surface area contributed by atoms with Gasteiger partial charge in [-0.25, -0.2) is 4.39 Å². The fourth-order valence-electron chi connectivity index (χ4n) is 2.45. The first-order valence-electron chi connectivity index (χ1n) is 6.42. The lowest BCUT2D eigenvalue weighted by molar-refractivity contribution is 0.357. The van der Waals surface area contributed by atoms with E-state index in [1.807, 2.05) is 12.1 Å². The minimum Gasteiger partial charge on any atom is -0.496 e. The average Bonchev–Trinajstić information content (AvgIpc) is 2.93. The second-order valence-corrected chi connectivity index (χ2v) is 5.63. The van der Waals surface area contributed by atoms with Gasteiger partial charge in [0.2, 0.25) is 0 Å². The highest BCUT2D eigenvalue weighted by Gasteiger charge is 2.19. The van der Waals surface area contributed by atoms with Gasteiger partial charge >= 0.3 is 0 Å². The molecule has 3 rings (SSSR count). The van der Waals surface area contributed by atoms with Crippen molar-refractivity contribution >= 4 is 15.9 Å². The zero-order valence-electron chi connectivity index (χ0n) is 11.0. The van der Waals surface area contributed by atoms with Crippen molar-refractivity contribution in [1.29, 1.82) is 0 Å². The molecule has 4 heteroatoms. The first-order chi connectivity index (χ1) is 9.69. The number of methoxy groups -OCH3 is 1. The highest BCUT2D eigenvalue weighted by atomic mass is 79.9. The maximum atomic E-state index is 13.5. The van der Waals surface area contributed by atoms with Crippen molar-refractivity contribution in [1.82, 2.24) is 0 Å². The van der Waals surface area contributed by atoms with E-state index in [1.54, 1.807) is 13.2 Å². The molecule has 0 spiro atoms. The molecule has 1 heterocycles. The molecule has 0 aliphatic carbocycles. The van der Waals surface area contributed by atoms with E-state index in [4.69, 9.17) is 9.47 Å². The van der Waals surface area contributed by atoms with Gasteiger partial charge in [-0.15, -0.1) is 0 Å². The van der Waals surface area contributed by atoms with Crippen LogP contribution in [0, 0.1) is 5.82 Å². The van der Waals surface area contributed by atoms with Crippen molar-refractivity contribution in [3.8, 4) is 11.5 Å². The van der Waals surface area contributed by atoms with Gasteiger partial charge in [0.15, 0.2) is 0 Å². The molecule has 1 aliphatic heterocycles.